The maximum Gasteiger partial charge on any atom is 0.251 e. The van der Waals surface area contributed by atoms with Crippen LogP contribution in [0.5, 0.6) is 0 Å². The molecular formula is C23H24N2O3. The molecule has 0 unspecified atom stereocenters. The van der Waals surface area contributed by atoms with E-state index < -0.39 is 0 Å². The molecule has 0 bridgehead atoms. The van der Waals surface area contributed by atoms with Gasteiger partial charge >= 0.3 is 0 Å². The van der Waals surface area contributed by atoms with E-state index in [2.05, 4.69) is 22.8 Å². The number of aryl methyl sites for hydroxylation is 2. The zero-order valence-electron chi connectivity index (χ0n) is 15.9. The van der Waals surface area contributed by atoms with Gasteiger partial charge in [0, 0.05) is 18.5 Å². The SMILES string of the molecule is Cc1ccc(CCC(=O)NCc2cccc(C(=O)NCc3ccco3)c2)cc1. The van der Waals surface area contributed by atoms with Crippen molar-refractivity contribution in [3.8, 4) is 0 Å². The van der Waals surface area contributed by atoms with Gasteiger partial charge in [0.1, 0.15) is 5.76 Å². The number of benzene rings is 2. The Morgan fingerprint density at radius 2 is 1.71 bits per heavy atom. The summed E-state index contributed by atoms with van der Waals surface area (Å²) < 4.78 is 5.21. The molecule has 2 aromatic carbocycles. The summed E-state index contributed by atoms with van der Waals surface area (Å²) in [5.41, 5.74) is 3.80. The lowest BCUT2D eigenvalue weighted by Gasteiger charge is -2.08. The van der Waals surface area contributed by atoms with Crippen molar-refractivity contribution in [2.24, 2.45) is 0 Å². The van der Waals surface area contributed by atoms with Crippen LogP contribution in [0.15, 0.2) is 71.3 Å². The highest BCUT2D eigenvalue weighted by Gasteiger charge is 2.08. The molecule has 0 radical (unpaired) electrons. The van der Waals surface area contributed by atoms with Crippen molar-refractivity contribution in [3.63, 3.8) is 0 Å². The first kappa shape index (κ1) is 19.4. The van der Waals surface area contributed by atoms with Gasteiger partial charge in [-0.05, 0) is 48.7 Å². The highest BCUT2D eigenvalue weighted by atomic mass is 16.3. The molecule has 1 heterocycles. The topological polar surface area (TPSA) is 71.3 Å². The van der Waals surface area contributed by atoms with Gasteiger partial charge in [-0.25, -0.2) is 0 Å². The van der Waals surface area contributed by atoms with Crippen LogP contribution < -0.4 is 10.6 Å². The van der Waals surface area contributed by atoms with Crippen LogP contribution in [-0.4, -0.2) is 11.8 Å². The lowest BCUT2D eigenvalue weighted by molar-refractivity contribution is -0.121. The van der Waals surface area contributed by atoms with Crippen molar-refractivity contribution in [1.29, 1.82) is 0 Å². The first-order chi connectivity index (χ1) is 13.6. The van der Waals surface area contributed by atoms with E-state index >= 15 is 0 Å². The molecule has 2 N–H and O–H groups in total. The van der Waals surface area contributed by atoms with Gasteiger partial charge < -0.3 is 15.1 Å². The fourth-order valence-corrected chi connectivity index (χ4v) is 2.81. The van der Waals surface area contributed by atoms with Gasteiger partial charge in [0.2, 0.25) is 5.91 Å². The molecule has 5 heteroatoms. The van der Waals surface area contributed by atoms with Gasteiger partial charge in [0.15, 0.2) is 0 Å². The van der Waals surface area contributed by atoms with Crippen LogP contribution in [0.1, 0.15) is 39.2 Å². The maximum absolute atomic E-state index is 12.3. The second kappa shape index (κ2) is 9.55. The van der Waals surface area contributed by atoms with Gasteiger partial charge in [-0.2, -0.15) is 0 Å². The smallest absolute Gasteiger partial charge is 0.251 e. The van der Waals surface area contributed by atoms with Crippen molar-refractivity contribution in [2.75, 3.05) is 0 Å². The number of carbonyl (C=O) groups is 2. The molecule has 0 aliphatic rings. The Balaban J connectivity index is 1.46. The maximum atomic E-state index is 12.3. The lowest BCUT2D eigenvalue weighted by Crippen LogP contribution is -2.24. The first-order valence-electron chi connectivity index (χ1n) is 9.32. The van der Waals surface area contributed by atoms with E-state index in [1.807, 2.05) is 37.3 Å². The quantitative estimate of drug-likeness (QED) is 0.629. The molecule has 144 valence electrons. The molecule has 0 saturated carbocycles. The van der Waals surface area contributed by atoms with Crippen LogP contribution in [0, 0.1) is 6.92 Å². The van der Waals surface area contributed by atoms with Crippen LogP contribution >= 0.6 is 0 Å². The average Bonchev–Trinajstić information content (AvgIpc) is 3.24. The second-order valence-electron chi connectivity index (χ2n) is 6.72. The Bertz CT molecular complexity index is 915. The molecule has 28 heavy (non-hydrogen) atoms. The van der Waals surface area contributed by atoms with Gasteiger partial charge in [-0.3, -0.25) is 9.59 Å². The van der Waals surface area contributed by atoms with Gasteiger partial charge in [-0.1, -0.05) is 42.0 Å². The van der Waals surface area contributed by atoms with Crippen LogP contribution in [0.25, 0.3) is 0 Å². The van der Waals surface area contributed by atoms with Crippen LogP contribution in [0.3, 0.4) is 0 Å². The predicted octanol–water partition coefficient (Wildman–Crippen LogP) is 3.77. The zero-order chi connectivity index (χ0) is 19.8. The fourth-order valence-electron chi connectivity index (χ4n) is 2.81. The Morgan fingerprint density at radius 1 is 0.893 bits per heavy atom. The normalized spacial score (nSPS) is 10.5. The summed E-state index contributed by atoms with van der Waals surface area (Å²) in [6.45, 7) is 2.78. The monoisotopic (exact) mass is 376 g/mol. The molecule has 3 rings (SSSR count). The number of carbonyl (C=O) groups excluding carboxylic acids is 2. The number of rotatable bonds is 8. The molecule has 3 aromatic rings. The highest BCUT2D eigenvalue weighted by Crippen LogP contribution is 2.08. The number of hydrogen-bond donors (Lipinski definition) is 2. The number of amides is 2. The largest absolute Gasteiger partial charge is 0.467 e. The fraction of sp³-hybridized carbons (Fsp3) is 0.217. The van der Waals surface area contributed by atoms with Gasteiger partial charge in [-0.15, -0.1) is 0 Å². The molecule has 0 fully saturated rings. The summed E-state index contributed by atoms with van der Waals surface area (Å²) in [5.74, 6) is 0.516. The van der Waals surface area contributed by atoms with E-state index in [0.29, 0.717) is 37.3 Å². The minimum Gasteiger partial charge on any atom is -0.467 e. The molecular weight excluding hydrogens is 352 g/mol. The molecule has 0 saturated heterocycles. The van der Waals surface area contributed by atoms with Crippen molar-refractivity contribution in [1.82, 2.24) is 10.6 Å². The number of furan rings is 1. The third-order valence-electron chi connectivity index (χ3n) is 4.44. The van der Waals surface area contributed by atoms with Crippen molar-refractivity contribution >= 4 is 11.8 Å². The Labute approximate surface area is 164 Å². The van der Waals surface area contributed by atoms with Crippen LogP contribution in [0.4, 0.5) is 0 Å². The number of nitrogens with one attached hydrogen (secondary N) is 2. The summed E-state index contributed by atoms with van der Waals surface area (Å²) in [5, 5.41) is 5.73. The molecule has 0 spiro atoms. The molecule has 0 aliphatic carbocycles. The van der Waals surface area contributed by atoms with Crippen molar-refractivity contribution < 1.29 is 14.0 Å². The number of hydrogen-bond acceptors (Lipinski definition) is 3. The van der Waals surface area contributed by atoms with Crippen LogP contribution in [0.2, 0.25) is 0 Å². The molecule has 1 aromatic heterocycles. The van der Waals surface area contributed by atoms with E-state index in [0.717, 1.165) is 11.1 Å². The Morgan fingerprint density at radius 3 is 2.46 bits per heavy atom. The summed E-state index contributed by atoms with van der Waals surface area (Å²) >= 11 is 0. The Hall–Kier alpha value is -3.34. The third-order valence-corrected chi connectivity index (χ3v) is 4.44. The summed E-state index contributed by atoms with van der Waals surface area (Å²) in [6, 6.07) is 19.0. The van der Waals surface area contributed by atoms with E-state index in [9.17, 15) is 9.59 Å². The summed E-state index contributed by atoms with van der Waals surface area (Å²) in [4.78, 5) is 24.4. The standard InChI is InChI=1S/C23H24N2O3/c1-17-7-9-18(10-8-17)11-12-22(26)24-15-19-4-2-5-20(14-19)23(27)25-16-21-6-3-13-28-21/h2-10,13-14H,11-12,15-16H2,1H3,(H,24,26)(H,25,27). The summed E-state index contributed by atoms with van der Waals surface area (Å²) in [7, 11) is 0. The van der Waals surface area contributed by atoms with Crippen LogP contribution in [-0.2, 0) is 24.3 Å². The van der Waals surface area contributed by atoms with Crippen molar-refractivity contribution in [3.05, 3.63) is 94.9 Å². The molecule has 5 nitrogen and oxygen atoms in total. The van der Waals surface area contributed by atoms with E-state index in [4.69, 9.17) is 4.42 Å². The zero-order valence-corrected chi connectivity index (χ0v) is 15.9. The predicted molar refractivity (Wildman–Crippen MR) is 108 cm³/mol. The Kier molecular flexibility index (Phi) is 6.63. The van der Waals surface area contributed by atoms with E-state index in [1.165, 1.54) is 5.56 Å². The molecule has 0 atom stereocenters. The molecule has 2 amide bonds. The molecule has 0 aliphatic heterocycles. The first-order valence-corrected chi connectivity index (χ1v) is 9.32. The van der Waals surface area contributed by atoms with Gasteiger partial charge in [0.05, 0.1) is 12.8 Å². The minimum atomic E-state index is -0.177. The van der Waals surface area contributed by atoms with Gasteiger partial charge in [0.25, 0.3) is 5.91 Å². The van der Waals surface area contributed by atoms with E-state index in [-0.39, 0.29) is 11.8 Å². The van der Waals surface area contributed by atoms with Crippen molar-refractivity contribution in [2.45, 2.75) is 32.9 Å². The second-order valence-corrected chi connectivity index (χ2v) is 6.72. The van der Waals surface area contributed by atoms with E-state index in [1.54, 1.807) is 24.5 Å². The lowest BCUT2D eigenvalue weighted by atomic mass is 10.1. The third kappa shape index (κ3) is 5.84. The summed E-state index contributed by atoms with van der Waals surface area (Å²) in [6.07, 6.45) is 2.72. The minimum absolute atomic E-state index is 0.00625. The average molecular weight is 376 g/mol. The highest BCUT2D eigenvalue weighted by molar-refractivity contribution is 5.94.